The van der Waals surface area contributed by atoms with E-state index in [-0.39, 0.29) is 6.04 Å². The molecule has 0 unspecified atom stereocenters. The van der Waals surface area contributed by atoms with Crippen LogP contribution < -0.4 is 21.5 Å². The van der Waals surface area contributed by atoms with Crippen LogP contribution in [0.15, 0.2) is 62.7 Å². The zero-order chi connectivity index (χ0) is 17.8. The SMILES string of the molecule is CN(C)[C@H](CNc1c(NCc2ccco2)c(=O)c1=O)c1ccccc1. The maximum atomic E-state index is 11.9. The van der Waals surface area contributed by atoms with Crippen molar-refractivity contribution in [2.45, 2.75) is 12.6 Å². The van der Waals surface area contributed by atoms with Gasteiger partial charge >= 0.3 is 0 Å². The second kappa shape index (κ2) is 7.36. The van der Waals surface area contributed by atoms with Crippen molar-refractivity contribution in [3.8, 4) is 0 Å². The van der Waals surface area contributed by atoms with Gasteiger partial charge in [0.1, 0.15) is 17.1 Å². The average molecular weight is 339 g/mol. The quantitative estimate of drug-likeness (QED) is 0.613. The molecule has 0 aliphatic rings. The number of furan rings is 1. The summed E-state index contributed by atoms with van der Waals surface area (Å²) in [5.41, 5.74) is 0.845. The van der Waals surface area contributed by atoms with Crippen molar-refractivity contribution >= 4 is 11.4 Å². The Bertz CT molecular complexity index is 879. The lowest BCUT2D eigenvalue weighted by Gasteiger charge is -2.26. The highest BCUT2D eigenvalue weighted by Gasteiger charge is 2.22. The Labute approximate surface area is 145 Å². The minimum atomic E-state index is -0.491. The summed E-state index contributed by atoms with van der Waals surface area (Å²) in [6, 6.07) is 13.7. The molecule has 3 rings (SSSR count). The summed E-state index contributed by atoms with van der Waals surface area (Å²) in [6.45, 7) is 0.889. The van der Waals surface area contributed by atoms with Gasteiger partial charge in [-0.25, -0.2) is 0 Å². The molecular weight excluding hydrogens is 318 g/mol. The summed E-state index contributed by atoms with van der Waals surface area (Å²) >= 11 is 0. The summed E-state index contributed by atoms with van der Waals surface area (Å²) in [4.78, 5) is 25.8. The number of anilines is 2. The van der Waals surface area contributed by atoms with Crippen LogP contribution in [0.25, 0.3) is 0 Å². The van der Waals surface area contributed by atoms with Crippen molar-refractivity contribution in [3.63, 3.8) is 0 Å². The first-order chi connectivity index (χ1) is 12.1. The molecule has 0 fully saturated rings. The van der Waals surface area contributed by atoms with Crippen LogP contribution in [0.1, 0.15) is 17.4 Å². The highest BCUT2D eigenvalue weighted by atomic mass is 16.3. The molecule has 3 aromatic rings. The Hall–Kier alpha value is -2.86. The van der Waals surface area contributed by atoms with Crippen LogP contribution in [0.4, 0.5) is 11.4 Å². The van der Waals surface area contributed by atoms with Crippen molar-refractivity contribution in [2.75, 3.05) is 31.3 Å². The number of benzene rings is 1. The zero-order valence-electron chi connectivity index (χ0n) is 14.3. The molecule has 25 heavy (non-hydrogen) atoms. The molecule has 2 N–H and O–H groups in total. The Morgan fingerprint density at radius 3 is 2.24 bits per heavy atom. The predicted molar refractivity (Wildman–Crippen MR) is 98.7 cm³/mol. The van der Waals surface area contributed by atoms with Gasteiger partial charge in [-0.2, -0.15) is 0 Å². The van der Waals surface area contributed by atoms with Gasteiger partial charge in [0.15, 0.2) is 0 Å². The first-order valence-electron chi connectivity index (χ1n) is 8.12. The molecule has 6 nitrogen and oxygen atoms in total. The Morgan fingerprint density at radius 2 is 1.64 bits per heavy atom. The van der Waals surface area contributed by atoms with Gasteiger partial charge in [-0.1, -0.05) is 30.3 Å². The first kappa shape index (κ1) is 17.0. The monoisotopic (exact) mass is 339 g/mol. The van der Waals surface area contributed by atoms with Gasteiger partial charge in [0.2, 0.25) is 0 Å². The minimum absolute atomic E-state index is 0.0866. The van der Waals surface area contributed by atoms with Gasteiger partial charge in [0.05, 0.1) is 18.8 Å². The number of nitrogens with one attached hydrogen (secondary N) is 2. The van der Waals surface area contributed by atoms with Crippen molar-refractivity contribution in [1.82, 2.24) is 4.90 Å². The molecule has 0 radical (unpaired) electrons. The predicted octanol–water partition coefficient (Wildman–Crippen LogP) is 2.20. The van der Waals surface area contributed by atoms with E-state index in [1.807, 2.05) is 50.5 Å². The average Bonchev–Trinajstić information content (AvgIpc) is 3.14. The molecule has 2 aromatic carbocycles. The van der Waals surface area contributed by atoms with E-state index in [1.165, 1.54) is 0 Å². The fraction of sp³-hybridized carbons (Fsp3) is 0.263. The fourth-order valence-electron chi connectivity index (χ4n) is 2.79. The number of rotatable bonds is 8. The standard InChI is InChI=1S/C19H21N3O3/c1-22(2)15(13-7-4-3-5-8-13)12-21-17-16(18(23)19(17)24)20-11-14-9-6-10-25-14/h3-10,15,20-21H,11-12H2,1-2H3/t15-/m1/s1. The van der Waals surface area contributed by atoms with E-state index in [4.69, 9.17) is 4.42 Å². The van der Waals surface area contributed by atoms with E-state index < -0.39 is 10.9 Å². The lowest BCUT2D eigenvalue weighted by Crippen LogP contribution is -2.39. The maximum absolute atomic E-state index is 11.9. The third kappa shape index (κ3) is 3.64. The van der Waals surface area contributed by atoms with Crippen molar-refractivity contribution in [2.24, 2.45) is 0 Å². The van der Waals surface area contributed by atoms with Crippen LogP contribution in [-0.2, 0) is 6.54 Å². The normalized spacial score (nSPS) is 12.4. The van der Waals surface area contributed by atoms with Crippen molar-refractivity contribution in [1.29, 1.82) is 0 Å². The molecule has 0 amide bonds. The third-order valence-corrected chi connectivity index (χ3v) is 4.21. The van der Waals surface area contributed by atoms with E-state index in [9.17, 15) is 9.59 Å². The summed E-state index contributed by atoms with van der Waals surface area (Å²) in [7, 11) is 3.97. The Balaban J connectivity index is 1.69. The number of nitrogens with zero attached hydrogens (tertiary/aromatic N) is 1. The summed E-state index contributed by atoms with van der Waals surface area (Å²) in [6.07, 6.45) is 1.57. The number of likely N-dealkylation sites (N-methyl/N-ethyl adjacent to an activating group) is 1. The maximum Gasteiger partial charge on any atom is 0.253 e. The molecule has 0 bridgehead atoms. The Kier molecular flexibility index (Phi) is 5.00. The summed E-state index contributed by atoms with van der Waals surface area (Å²) in [5.74, 6) is 0.703. The lowest BCUT2D eigenvalue weighted by atomic mass is 10.1. The number of hydrogen-bond acceptors (Lipinski definition) is 6. The molecule has 0 aliphatic carbocycles. The van der Waals surface area contributed by atoms with Crippen molar-refractivity contribution < 1.29 is 4.42 Å². The van der Waals surface area contributed by atoms with E-state index >= 15 is 0 Å². The topological polar surface area (TPSA) is 74.6 Å². The second-order valence-corrected chi connectivity index (χ2v) is 6.11. The van der Waals surface area contributed by atoms with E-state index in [1.54, 1.807) is 12.3 Å². The summed E-state index contributed by atoms with van der Waals surface area (Å²) in [5, 5.41) is 6.12. The van der Waals surface area contributed by atoms with E-state index in [0.717, 1.165) is 5.56 Å². The van der Waals surface area contributed by atoms with Gasteiger partial charge in [-0.05, 0) is 31.8 Å². The van der Waals surface area contributed by atoms with Crippen LogP contribution in [0.2, 0.25) is 0 Å². The van der Waals surface area contributed by atoms with Crippen LogP contribution >= 0.6 is 0 Å². The largest absolute Gasteiger partial charge is 0.467 e. The highest BCUT2D eigenvalue weighted by molar-refractivity contribution is 5.74. The molecule has 1 atom stereocenters. The molecule has 1 aromatic heterocycles. The van der Waals surface area contributed by atoms with Crippen LogP contribution in [0.5, 0.6) is 0 Å². The molecule has 6 heteroatoms. The molecule has 1 heterocycles. The Morgan fingerprint density at radius 1 is 0.960 bits per heavy atom. The fourth-order valence-corrected chi connectivity index (χ4v) is 2.79. The third-order valence-electron chi connectivity index (χ3n) is 4.21. The molecule has 0 aliphatic heterocycles. The van der Waals surface area contributed by atoms with Gasteiger partial charge in [0, 0.05) is 6.54 Å². The van der Waals surface area contributed by atoms with Crippen LogP contribution in [0.3, 0.4) is 0 Å². The lowest BCUT2D eigenvalue weighted by molar-refractivity contribution is 0.312. The minimum Gasteiger partial charge on any atom is -0.467 e. The molecule has 0 saturated heterocycles. The second-order valence-electron chi connectivity index (χ2n) is 6.11. The molecule has 0 saturated carbocycles. The zero-order valence-corrected chi connectivity index (χ0v) is 14.3. The van der Waals surface area contributed by atoms with Crippen LogP contribution in [-0.4, -0.2) is 25.5 Å². The van der Waals surface area contributed by atoms with E-state index in [0.29, 0.717) is 30.2 Å². The smallest absolute Gasteiger partial charge is 0.253 e. The van der Waals surface area contributed by atoms with Gasteiger partial charge in [-0.15, -0.1) is 0 Å². The van der Waals surface area contributed by atoms with Crippen molar-refractivity contribution in [3.05, 3.63) is 80.5 Å². The van der Waals surface area contributed by atoms with E-state index in [2.05, 4.69) is 15.5 Å². The molecule has 0 spiro atoms. The first-order valence-corrected chi connectivity index (χ1v) is 8.12. The summed E-state index contributed by atoms with van der Waals surface area (Å²) < 4.78 is 5.23. The molecular formula is C19H21N3O3. The highest BCUT2D eigenvalue weighted by Crippen LogP contribution is 2.21. The molecule has 130 valence electrons. The number of hydrogen-bond donors (Lipinski definition) is 2. The van der Waals surface area contributed by atoms with Crippen LogP contribution in [0, 0.1) is 0 Å². The van der Waals surface area contributed by atoms with Gasteiger partial charge in [-0.3, -0.25) is 9.59 Å². The van der Waals surface area contributed by atoms with Gasteiger partial charge in [0.25, 0.3) is 10.9 Å². The van der Waals surface area contributed by atoms with Gasteiger partial charge < -0.3 is 20.0 Å².